The minimum atomic E-state index is 0.102. The molecule has 2 aromatic rings. The number of para-hydroxylation sites is 2. The van der Waals surface area contributed by atoms with Crippen molar-refractivity contribution in [1.82, 2.24) is 9.97 Å². The lowest BCUT2D eigenvalue weighted by molar-refractivity contribution is 0.297. The number of aliphatic hydroxyl groups is 1. The van der Waals surface area contributed by atoms with Crippen molar-refractivity contribution in [3.63, 3.8) is 0 Å². The number of hydrogen-bond donors (Lipinski definition) is 2. The Hall–Kier alpha value is -1.88. The number of nitrogens with two attached hydrogens (primary N) is 1. The van der Waals surface area contributed by atoms with Crippen LogP contribution in [0.2, 0.25) is 0 Å². The molecule has 106 valence electrons. The fraction of sp³-hybridized carbons (Fsp3) is 0.467. The van der Waals surface area contributed by atoms with E-state index in [1.165, 1.54) is 12.8 Å². The second kappa shape index (κ2) is 5.63. The zero-order chi connectivity index (χ0) is 13.9. The first kappa shape index (κ1) is 13.1. The third-order valence-electron chi connectivity index (χ3n) is 3.96. The SMILES string of the molecule is Nc1nc2ccccc2nc1N(CCO)C1CCCC1. The van der Waals surface area contributed by atoms with Crippen LogP contribution in [0.5, 0.6) is 0 Å². The molecule has 20 heavy (non-hydrogen) atoms. The molecule has 1 aliphatic carbocycles. The normalized spacial score (nSPS) is 15.8. The molecule has 1 heterocycles. The van der Waals surface area contributed by atoms with E-state index in [-0.39, 0.29) is 6.61 Å². The van der Waals surface area contributed by atoms with Crippen LogP contribution < -0.4 is 10.6 Å². The number of aromatic nitrogens is 2. The fourth-order valence-electron chi connectivity index (χ4n) is 3.00. The number of benzene rings is 1. The summed E-state index contributed by atoms with van der Waals surface area (Å²) in [6.07, 6.45) is 4.73. The lowest BCUT2D eigenvalue weighted by Crippen LogP contribution is -2.37. The molecule has 1 aromatic carbocycles. The van der Waals surface area contributed by atoms with Crippen molar-refractivity contribution in [1.29, 1.82) is 0 Å². The summed E-state index contributed by atoms with van der Waals surface area (Å²) in [7, 11) is 0. The maximum atomic E-state index is 9.33. The van der Waals surface area contributed by atoms with Crippen LogP contribution in [0.15, 0.2) is 24.3 Å². The first-order valence-corrected chi connectivity index (χ1v) is 7.19. The van der Waals surface area contributed by atoms with Crippen LogP contribution in [0, 0.1) is 0 Å². The third-order valence-corrected chi connectivity index (χ3v) is 3.96. The summed E-state index contributed by atoms with van der Waals surface area (Å²) in [6, 6.07) is 8.15. The van der Waals surface area contributed by atoms with E-state index in [1.54, 1.807) is 0 Å². The van der Waals surface area contributed by atoms with Crippen LogP contribution in [-0.2, 0) is 0 Å². The van der Waals surface area contributed by atoms with Crippen LogP contribution in [0.25, 0.3) is 11.0 Å². The summed E-state index contributed by atoms with van der Waals surface area (Å²) in [5.74, 6) is 1.16. The Balaban J connectivity index is 2.02. The van der Waals surface area contributed by atoms with E-state index in [0.717, 1.165) is 23.9 Å². The molecule has 0 unspecified atom stereocenters. The maximum absolute atomic E-state index is 9.33. The van der Waals surface area contributed by atoms with E-state index in [4.69, 9.17) is 5.73 Å². The predicted octanol–water partition coefficient (Wildman–Crippen LogP) is 1.95. The Morgan fingerprint density at radius 3 is 2.45 bits per heavy atom. The summed E-state index contributed by atoms with van der Waals surface area (Å²) in [5, 5.41) is 9.33. The number of rotatable bonds is 4. The Morgan fingerprint density at radius 2 is 1.80 bits per heavy atom. The first-order valence-electron chi connectivity index (χ1n) is 7.19. The molecule has 0 bridgehead atoms. The van der Waals surface area contributed by atoms with Gasteiger partial charge in [0.2, 0.25) is 0 Å². The zero-order valence-electron chi connectivity index (χ0n) is 11.5. The number of anilines is 2. The highest BCUT2D eigenvalue weighted by Crippen LogP contribution is 2.30. The van der Waals surface area contributed by atoms with Gasteiger partial charge in [0.05, 0.1) is 17.6 Å². The number of nitrogen functional groups attached to an aromatic ring is 1. The van der Waals surface area contributed by atoms with E-state index >= 15 is 0 Å². The van der Waals surface area contributed by atoms with Gasteiger partial charge >= 0.3 is 0 Å². The molecule has 1 aromatic heterocycles. The molecule has 0 aliphatic heterocycles. The fourth-order valence-corrected chi connectivity index (χ4v) is 3.00. The summed E-state index contributed by atoms with van der Waals surface area (Å²) in [4.78, 5) is 11.2. The highest BCUT2D eigenvalue weighted by Gasteiger charge is 2.25. The van der Waals surface area contributed by atoms with Crippen LogP contribution in [0.1, 0.15) is 25.7 Å². The number of aliphatic hydroxyl groups excluding tert-OH is 1. The van der Waals surface area contributed by atoms with Gasteiger partial charge in [-0.05, 0) is 25.0 Å². The highest BCUT2D eigenvalue weighted by atomic mass is 16.3. The highest BCUT2D eigenvalue weighted by molar-refractivity contribution is 5.79. The van der Waals surface area contributed by atoms with Crippen molar-refractivity contribution in [3.05, 3.63) is 24.3 Å². The lowest BCUT2D eigenvalue weighted by Gasteiger charge is -2.30. The van der Waals surface area contributed by atoms with Crippen molar-refractivity contribution in [2.24, 2.45) is 0 Å². The number of nitrogens with zero attached hydrogens (tertiary/aromatic N) is 3. The third kappa shape index (κ3) is 2.41. The zero-order valence-corrected chi connectivity index (χ0v) is 11.5. The van der Waals surface area contributed by atoms with Gasteiger partial charge in [-0.1, -0.05) is 25.0 Å². The van der Waals surface area contributed by atoms with Crippen molar-refractivity contribution >= 4 is 22.7 Å². The second-order valence-electron chi connectivity index (χ2n) is 5.28. The molecule has 1 aliphatic rings. The Morgan fingerprint density at radius 1 is 1.15 bits per heavy atom. The van der Waals surface area contributed by atoms with Gasteiger partial charge in [-0.25, -0.2) is 9.97 Å². The molecular weight excluding hydrogens is 252 g/mol. The van der Waals surface area contributed by atoms with Gasteiger partial charge in [0.25, 0.3) is 0 Å². The summed E-state index contributed by atoms with van der Waals surface area (Å²) in [6.45, 7) is 0.659. The van der Waals surface area contributed by atoms with E-state index in [1.807, 2.05) is 24.3 Å². The van der Waals surface area contributed by atoms with E-state index in [9.17, 15) is 5.11 Å². The van der Waals surface area contributed by atoms with Gasteiger partial charge in [0, 0.05) is 12.6 Å². The standard InChI is InChI=1S/C15H20N4O/c16-14-15(18-13-8-4-3-7-12(13)17-14)19(9-10-20)11-5-1-2-6-11/h3-4,7-8,11,20H,1-2,5-6,9-10H2,(H2,16,17). The van der Waals surface area contributed by atoms with Gasteiger partial charge in [-0.3, -0.25) is 0 Å². The van der Waals surface area contributed by atoms with Crippen molar-refractivity contribution in [3.8, 4) is 0 Å². The van der Waals surface area contributed by atoms with Gasteiger partial charge < -0.3 is 15.7 Å². The monoisotopic (exact) mass is 272 g/mol. The smallest absolute Gasteiger partial charge is 0.172 e. The summed E-state index contributed by atoms with van der Waals surface area (Å²) >= 11 is 0. The minimum Gasteiger partial charge on any atom is -0.395 e. The van der Waals surface area contributed by atoms with Crippen LogP contribution in [0.3, 0.4) is 0 Å². The van der Waals surface area contributed by atoms with Crippen LogP contribution in [0.4, 0.5) is 11.6 Å². The molecule has 3 rings (SSSR count). The molecule has 0 amide bonds. The van der Waals surface area contributed by atoms with Gasteiger partial charge in [-0.15, -0.1) is 0 Å². The van der Waals surface area contributed by atoms with E-state index in [0.29, 0.717) is 24.2 Å². The molecule has 1 saturated carbocycles. The molecule has 3 N–H and O–H groups in total. The topological polar surface area (TPSA) is 75.3 Å². The quantitative estimate of drug-likeness (QED) is 0.889. The lowest BCUT2D eigenvalue weighted by atomic mass is 10.2. The Kier molecular flexibility index (Phi) is 3.69. The van der Waals surface area contributed by atoms with Crippen LogP contribution in [-0.4, -0.2) is 34.3 Å². The molecule has 0 radical (unpaired) electrons. The van der Waals surface area contributed by atoms with Gasteiger partial charge in [0.1, 0.15) is 0 Å². The van der Waals surface area contributed by atoms with Gasteiger partial charge in [-0.2, -0.15) is 0 Å². The number of hydrogen-bond acceptors (Lipinski definition) is 5. The van der Waals surface area contributed by atoms with E-state index < -0.39 is 0 Å². The number of fused-ring (bicyclic) bond motifs is 1. The average molecular weight is 272 g/mol. The molecular formula is C15H20N4O. The van der Waals surface area contributed by atoms with Crippen LogP contribution >= 0.6 is 0 Å². The predicted molar refractivity (Wildman–Crippen MR) is 80.6 cm³/mol. The second-order valence-corrected chi connectivity index (χ2v) is 5.28. The van der Waals surface area contributed by atoms with Crippen molar-refractivity contribution in [2.75, 3.05) is 23.8 Å². The maximum Gasteiger partial charge on any atom is 0.172 e. The van der Waals surface area contributed by atoms with Crippen molar-refractivity contribution in [2.45, 2.75) is 31.7 Å². The molecule has 5 heteroatoms. The van der Waals surface area contributed by atoms with Crippen molar-refractivity contribution < 1.29 is 5.11 Å². The Bertz CT molecular complexity index is 595. The molecule has 1 fully saturated rings. The van der Waals surface area contributed by atoms with Gasteiger partial charge in [0.15, 0.2) is 11.6 Å². The Labute approximate surface area is 118 Å². The molecule has 0 spiro atoms. The molecule has 5 nitrogen and oxygen atoms in total. The molecule has 0 atom stereocenters. The average Bonchev–Trinajstić information content (AvgIpc) is 2.98. The summed E-state index contributed by atoms with van der Waals surface area (Å²) in [5.41, 5.74) is 7.74. The minimum absolute atomic E-state index is 0.102. The van der Waals surface area contributed by atoms with E-state index in [2.05, 4.69) is 14.9 Å². The molecule has 0 saturated heterocycles. The first-order chi connectivity index (χ1) is 9.79. The summed E-state index contributed by atoms with van der Waals surface area (Å²) < 4.78 is 0. The largest absolute Gasteiger partial charge is 0.395 e.